The summed E-state index contributed by atoms with van der Waals surface area (Å²) >= 11 is 0. The summed E-state index contributed by atoms with van der Waals surface area (Å²) in [5.41, 5.74) is 3.99. The average Bonchev–Trinajstić information content (AvgIpc) is 3.40. The van der Waals surface area contributed by atoms with E-state index in [9.17, 15) is 9.59 Å². The number of carboxylic acid groups (broad SMARTS) is 1. The van der Waals surface area contributed by atoms with E-state index in [1.54, 1.807) is 24.3 Å². The Balaban J connectivity index is 1.50. The third kappa shape index (κ3) is 4.08. The zero-order valence-corrected chi connectivity index (χ0v) is 14.4. The van der Waals surface area contributed by atoms with Crippen LogP contribution in [-0.4, -0.2) is 23.5 Å². The van der Waals surface area contributed by atoms with Crippen molar-refractivity contribution in [1.82, 2.24) is 5.32 Å². The first-order valence-corrected chi connectivity index (χ1v) is 8.65. The number of amides is 1. The fraction of sp³-hybridized carbons (Fsp3) is 0.333. The van der Waals surface area contributed by atoms with E-state index >= 15 is 0 Å². The van der Waals surface area contributed by atoms with E-state index in [1.807, 2.05) is 6.07 Å². The molecule has 0 aromatic heterocycles. The highest BCUT2D eigenvalue weighted by atomic mass is 16.4. The number of hydrogen-bond donors (Lipinski definition) is 2. The zero-order chi connectivity index (χ0) is 17.9. The van der Waals surface area contributed by atoms with E-state index in [1.165, 1.54) is 11.1 Å². The molecule has 0 atom stereocenters. The lowest BCUT2D eigenvalue weighted by atomic mass is 9.92. The molecule has 1 aliphatic rings. The molecule has 1 aliphatic carbocycles. The van der Waals surface area contributed by atoms with Gasteiger partial charge in [-0.05, 0) is 55.0 Å². The van der Waals surface area contributed by atoms with Crippen LogP contribution in [0.2, 0.25) is 0 Å². The topological polar surface area (TPSA) is 66.4 Å². The summed E-state index contributed by atoms with van der Waals surface area (Å²) in [5.74, 6) is -0.891. The van der Waals surface area contributed by atoms with Gasteiger partial charge in [0.2, 0.25) is 5.91 Å². The summed E-state index contributed by atoms with van der Waals surface area (Å²) in [6.45, 7) is 2.81. The molecule has 130 valence electrons. The Morgan fingerprint density at radius 1 is 1.08 bits per heavy atom. The Morgan fingerprint density at radius 3 is 2.36 bits per heavy atom. The largest absolute Gasteiger partial charge is 0.478 e. The van der Waals surface area contributed by atoms with Gasteiger partial charge in [-0.2, -0.15) is 0 Å². The monoisotopic (exact) mass is 337 g/mol. The first-order valence-electron chi connectivity index (χ1n) is 8.65. The number of carbonyl (C=O) groups excluding carboxylic acids is 1. The summed E-state index contributed by atoms with van der Waals surface area (Å²) < 4.78 is 0. The minimum absolute atomic E-state index is 0.0437. The Hall–Kier alpha value is -2.62. The molecular formula is C21H23NO3. The van der Waals surface area contributed by atoms with Crippen LogP contribution in [0.15, 0.2) is 48.5 Å². The molecule has 3 rings (SSSR count). The summed E-state index contributed by atoms with van der Waals surface area (Å²) in [6, 6.07) is 15.1. The lowest BCUT2D eigenvalue weighted by molar-refractivity contribution is -0.121. The van der Waals surface area contributed by atoms with Gasteiger partial charge in [-0.15, -0.1) is 0 Å². The van der Waals surface area contributed by atoms with Crippen LogP contribution in [-0.2, 0) is 16.6 Å². The smallest absolute Gasteiger partial charge is 0.335 e. The number of carboxylic acids is 1. The molecule has 0 unspecified atom stereocenters. The van der Waals surface area contributed by atoms with Crippen molar-refractivity contribution in [2.45, 2.75) is 38.0 Å². The van der Waals surface area contributed by atoms with Gasteiger partial charge in [-0.25, -0.2) is 4.79 Å². The second kappa shape index (κ2) is 7.09. The number of aromatic carboxylic acids is 1. The number of rotatable bonds is 7. The highest BCUT2D eigenvalue weighted by Crippen LogP contribution is 2.48. The van der Waals surface area contributed by atoms with E-state index in [-0.39, 0.29) is 16.9 Å². The number of nitrogens with one attached hydrogen (secondary N) is 1. The van der Waals surface area contributed by atoms with Gasteiger partial charge in [0.25, 0.3) is 0 Å². The van der Waals surface area contributed by atoms with Gasteiger partial charge in [0, 0.05) is 18.4 Å². The Bertz CT molecular complexity index is 776. The molecule has 1 saturated carbocycles. The van der Waals surface area contributed by atoms with E-state index < -0.39 is 5.97 Å². The van der Waals surface area contributed by atoms with E-state index in [2.05, 4.69) is 30.4 Å². The average molecular weight is 337 g/mol. The minimum atomic E-state index is -0.935. The molecular weight excluding hydrogens is 314 g/mol. The molecule has 0 radical (unpaired) electrons. The van der Waals surface area contributed by atoms with Gasteiger partial charge in [0.1, 0.15) is 0 Å². The quantitative estimate of drug-likeness (QED) is 0.813. The van der Waals surface area contributed by atoms with Crippen LogP contribution in [0.4, 0.5) is 0 Å². The number of aryl methyl sites for hydroxylation is 2. The summed E-state index contributed by atoms with van der Waals surface area (Å²) in [4.78, 5) is 23.0. The minimum Gasteiger partial charge on any atom is -0.478 e. The molecule has 4 heteroatoms. The molecule has 1 amide bonds. The highest BCUT2D eigenvalue weighted by Gasteiger charge is 2.44. The first kappa shape index (κ1) is 17.2. The van der Waals surface area contributed by atoms with Crippen molar-refractivity contribution in [2.75, 3.05) is 6.54 Å². The Morgan fingerprint density at radius 2 is 1.76 bits per heavy atom. The lowest BCUT2D eigenvalue weighted by Crippen LogP contribution is -2.32. The third-order valence-corrected chi connectivity index (χ3v) is 5.04. The second-order valence-electron chi connectivity index (χ2n) is 6.87. The predicted molar refractivity (Wildman–Crippen MR) is 96.8 cm³/mol. The van der Waals surface area contributed by atoms with Gasteiger partial charge in [-0.1, -0.05) is 36.4 Å². The molecule has 2 aromatic carbocycles. The Labute approximate surface area is 147 Å². The van der Waals surface area contributed by atoms with Crippen molar-refractivity contribution in [3.63, 3.8) is 0 Å². The molecule has 0 heterocycles. The van der Waals surface area contributed by atoms with E-state index in [0.717, 1.165) is 18.4 Å². The summed E-state index contributed by atoms with van der Waals surface area (Å²) in [7, 11) is 0. The third-order valence-electron chi connectivity index (χ3n) is 5.04. The van der Waals surface area contributed by atoms with Crippen LogP contribution in [0.25, 0.3) is 0 Å². The molecule has 0 aliphatic heterocycles. The van der Waals surface area contributed by atoms with Crippen molar-refractivity contribution in [3.05, 3.63) is 70.8 Å². The van der Waals surface area contributed by atoms with Crippen LogP contribution in [0.5, 0.6) is 0 Å². The van der Waals surface area contributed by atoms with Crippen molar-refractivity contribution in [3.8, 4) is 0 Å². The van der Waals surface area contributed by atoms with Gasteiger partial charge >= 0.3 is 5.97 Å². The summed E-state index contributed by atoms with van der Waals surface area (Å²) in [6.07, 6.45) is 3.27. The number of carbonyl (C=O) groups is 2. The van der Waals surface area contributed by atoms with Gasteiger partial charge in [0.15, 0.2) is 0 Å². The number of hydrogen-bond acceptors (Lipinski definition) is 2. The standard InChI is InChI=1S/C21H23NO3/c1-15-4-2-3-5-18(15)21(12-13-21)14-22-19(23)11-8-16-6-9-17(10-7-16)20(24)25/h2-7,9-10H,8,11-14H2,1H3,(H,22,23)(H,24,25). The van der Waals surface area contributed by atoms with Gasteiger partial charge in [0.05, 0.1) is 5.56 Å². The first-order chi connectivity index (χ1) is 12.0. The van der Waals surface area contributed by atoms with Crippen LogP contribution < -0.4 is 5.32 Å². The van der Waals surface area contributed by atoms with Crippen LogP contribution in [0, 0.1) is 6.92 Å². The fourth-order valence-electron chi connectivity index (χ4n) is 3.29. The normalized spacial score (nSPS) is 14.8. The lowest BCUT2D eigenvalue weighted by Gasteiger charge is -2.19. The van der Waals surface area contributed by atoms with Crippen LogP contribution in [0.3, 0.4) is 0 Å². The van der Waals surface area contributed by atoms with Gasteiger partial charge < -0.3 is 10.4 Å². The van der Waals surface area contributed by atoms with E-state index in [0.29, 0.717) is 19.4 Å². The Kier molecular flexibility index (Phi) is 4.88. The fourth-order valence-corrected chi connectivity index (χ4v) is 3.29. The molecule has 2 aromatic rings. The van der Waals surface area contributed by atoms with Crippen molar-refractivity contribution in [2.24, 2.45) is 0 Å². The van der Waals surface area contributed by atoms with Gasteiger partial charge in [-0.3, -0.25) is 4.79 Å². The zero-order valence-electron chi connectivity index (χ0n) is 14.4. The molecule has 1 fully saturated rings. The second-order valence-corrected chi connectivity index (χ2v) is 6.87. The molecule has 0 bridgehead atoms. The van der Waals surface area contributed by atoms with Crippen LogP contribution in [0.1, 0.15) is 46.3 Å². The molecule has 0 saturated heterocycles. The maximum atomic E-state index is 12.2. The maximum absolute atomic E-state index is 12.2. The van der Waals surface area contributed by atoms with E-state index in [4.69, 9.17) is 5.11 Å². The summed E-state index contributed by atoms with van der Waals surface area (Å²) in [5, 5.41) is 12.0. The van der Waals surface area contributed by atoms with Crippen LogP contribution >= 0.6 is 0 Å². The molecule has 25 heavy (non-hydrogen) atoms. The molecule has 0 spiro atoms. The molecule has 4 nitrogen and oxygen atoms in total. The SMILES string of the molecule is Cc1ccccc1C1(CNC(=O)CCc2ccc(C(=O)O)cc2)CC1. The van der Waals surface area contributed by atoms with Crippen molar-refractivity contribution >= 4 is 11.9 Å². The number of benzene rings is 2. The van der Waals surface area contributed by atoms with Crippen molar-refractivity contribution < 1.29 is 14.7 Å². The highest BCUT2D eigenvalue weighted by molar-refractivity contribution is 5.87. The predicted octanol–water partition coefficient (Wildman–Crippen LogP) is 3.47. The maximum Gasteiger partial charge on any atom is 0.335 e. The molecule has 2 N–H and O–H groups in total. The van der Waals surface area contributed by atoms with Crippen molar-refractivity contribution in [1.29, 1.82) is 0 Å².